The van der Waals surface area contributed by atoms with Gasteiger partial charge in [0.05, 0.1) is 17.7 Å². The highest BCUT2D eigenvalue weighted by molar-refractivity contribution is 7.07. The van der Waals surface area contributed by atoms with E-state index in [9.17, 15) is 9.90 Å². The normalized spacial score (nSPS) is 10.2. The molecule has 0 bridgehead atoms. The third-order valence-corrected chi connectivity index (χ3v) is 2.85. The van der Waals surface area contributed by atoms with Gasteiger partial charge in [-0.15, -0.1) is 11.3 Å². The average Bonchev–Trinajstić information content (AvgIpc) is 2.81. The second-order valence-corrected chi connectivity index (χ2v) is 4.23. The molecule has 0 aliphatic heterocycles. The number of amides is 1. The van der Waals surface area contributed by atoms with Crippen LogP contribution in [0.1, 0.15) is 16.2 Å². The fourth-order valence-corrected chi connectivity index (χ4v) is 1.92. The lowest BCUT2D eigenvalue weighted by atomic mass is 10.3. The van der Waals surface area contributed by atoms with E-state index in [-0.39, 0.29) is 17.4 Å². The van der Waals surface area contributed by atoms with Crippen LogP contribution in [0.2, 0.25) is 0 Å². The van der Waals surface area contributed by atoms with E-state index < -0.39 is 0 Å². The van der Waals surface area contributed by atoms with Crippen LogP contribution in [0.15, 0.2) is 29.2 Å². The molecule has 2 rings (SSSR count). The average molecular weight is 249 g/mol. The molecule has 1 amide bonds. The fourth-order valence-electron chi connectivity index (χ4n) is 1.37. The van der Waals surface area contributed by atoms with Gasteiger partial charge in [0.15, 0.2) is 5.69 Å². The Morgan fingerprint density at radius 3 is 3.00 bits per heavy atom. The molecule has 0 spiro atoms. The molecule has 0 saturated heterocycles. The van der Waals surface area contributed by atoms with Crippen molar-refractivity contribution in [3.8, 4) is 5.75 Å². The van der Waals surface area contributed by atoms with Crippen LogP contribution < -0.4 is 0 Å². The van der Waals surface area contributed by atoms with Crippen molar-refractivity contribution in [3.63, 3.8) is 0 Å². The SMILES string of the molecule is CN(Cc1cscn1)C(=O)c1ncccc1O. The molecule has 2 aromatic rings. The molecule has 0 saturated carbocycles. The van der Waals surface area contributed by atoms with Crippen molar-refractivity contribution in [2.75, 3.05) is 7.05 Å². The molecule has 0 aliphatic rings. The number of aromatic nitrogens is 2. The van der Waals surface area contributed by atoms with Crippen LogP contribution in [-0.4, -0.2) is 32.9 Å². The highest BCUT2D eigenvalue weighted by Gasteiger charge is 2.17. The molecule has 0 unspecified atom stereocenters. The van der Waals surface area contributed by atoms with Crippen molar-refractivity contribution in [3.05, 3.63) is 40.6 Å². The van der Waals surface area contributed by atoms with Crippen LogP contribution in [0.3, 0.4) is 0 Å². The molecular weight excluding hydrogens is 238 g/mol. The molecule has 0 aliphatic carbocycles. The van der Waals surface area contributed by atoms with Gasteiger partial charge in [0, 0.05) is 18.6 Å². The van der Waals surface area contributed by atoms with Crippen LogP contribution in [0.4, 0.5) is 0 Å². The zero-order valence-electron chi connectivity index (χ0n) is 9.20. The topological polar surface area (TPSA) is 66.3 Å². The van der Waals surface area contributed by atoms with E-state index in [1.807, 2.05) is 5.38 Å². The monoisotopic (exact) mass is 249 g/mol. The minimum Gasteiger partial charge on any atom is -0.505 e. The van der Waals surface area contributed by atoms with Crippen LogP contribution in [0.5, 0.6) is 5.75 Å². The fraction of sp³-hybridized carbons (Fsp3) is 0.182. The van der Waals surface area contributed by atoms with Gasteiger partial charge in [-0.3, -0.25) is 4.79 Å². The summed E-state index contributed by atoms with van der Waals surface area (Å²) in [6.07, 6.45) is 1.48. The summed E-state index contributed by atoms with van der Waals surface area (Å²) in [5, 5.41) is 11.4. The van der Waals surface area contributed by atoms with Gasteiger partial charge >= 0.3 is 0 Å². The number of aromatic hydroxyl groups is 1. The van der Waals surface area contributed by atoms with Gasteiger partial charge in [-0.25, -0.2) is 9.97 Å². The number of pyridine rings is 1. The number of rotatable bonds is 3. The molecule has 2 aromatic heterocycles. The van der Waals surface area contributed by atoms with E-state index in [4.69, 9.17) is 0 Å². The number of carbonyl (C=O) groups is 1. The van der Waals surface area contributed by atoms with Gasteiger partial charge in [0.1, 0.15) is 5.75 Å². The van der Waals surface area contributed by atoms with Crippen molar-refractivity contribution in [2.24, 2.45) is 0 Å². The summed E-state index contributed by atoms with van der Waals surface area (Å²) >= 11 is 1.48. The molecule has 5 nitrogen and oxygen atoms in total. The van der Waals surface area contributed by atoms with E-state index in [1.54, 1.807) is 18.6 Å². The predicted octanol–water partition coefficient (Wildman–Crippen LogP) is 1.52. The lowest BCUT2D eigenvalue weighted by molar-refractivity contribution is 0.0774. The summed E-state index contributed by atoms with van der Waals surface area (Å²) in [5.41, 5.74) is 2.60. The Balaban J connectivity index is 2.13. The Kier molecular flexibility index (Phi) is 3.34. The summed E-state index contributed by atoms with van der Waals surface area (Å²) in [7, 11) is 1.65. The first-order valence-corrected chi connectivity index (χ1v) is 5.89. The minimum absolute atomic E-state index is 0.0604. The molecule has 6 heteroatoms. The van der Waals surface area contributed by atoms with Crippen molar-refractivity contribution >= 4 is 17.2 Å². The molecule has 17 heavy (non-hydrogen) atoms. The Morgan fingerprint density at radius 1 is 1.53 bits per heavy atom. The van der Waals surface area contributed by atoms with Crippen molar-refractivity contribution < 1.29 is 9.90 Å². The number of carbonyl (C=O) groups excluding carboxylic acids is 1. The maximum absolute atomic E-state index is 12.0. The maximum Gasteiger partial charge on any atom is 0.276 e. The predicted molar refractivity (Wildman–Crippen MR) is 63.8 cm³/mol. The van der Waals surface area contributed by atoms with Crippen LogP contribution in [0, 0.1) is 0 Å². The number of hydrogen-bond donors (Lipinski definition) is 1. The van der Waals surface area contributed by atoms with Crippen LogP contribution in [0.25, 0.3) is 0 Å². The Bertz CT molecular complexity index is 513. The molecule has 2 heterocycles. The molecule has 0 atom stereocenters. The van der Waals surface area contributed by atoms with E-state index in [0.29, 0.717) is 6.54 Å². The second-order valence-electron chi connectivity index (χ2n) is 3.51. The number of thiazole rings is 1. The van der Waals surface area contributed by atoms with Gasteiger partial charge in [-0.2, -0.15) is 0 Å². The molecule has 1 N–H and O–H groups in total. The highest BCUT2D eigenvalue weighted by Crippen LogP contribution is 2.15. The molecular formula is C11H11N3O2S. The summed E-state index contributed by atoms with van der Waals surface area (Å²) < 4.78 is 0. The first-order chi connectivity index (χ1) is 8.18. The summed E-state index contributed by atoms with van der Waals surface area (Å²) in [5.74, 6) is -0.432. The molecule has 88 valence electrons. The van der Waals surface area contributed by atoms with Crippen LogP contribution in [-0.2, 0) is 6.54 Å². The van der Waals surface area contributed by atoms with E-state index >= 15 is 0 Å². The van der Waals surface area contributed by atoms with E-state index in [1.165, 1.54) is 28.5 Å². The van der Waals surface area contributed by atoms with Crippen molar-refractivity contribution in [2.45, 2.75) is 6.54 Å². The maximum atomic E-state index is 12.0. The number of nitrogens with zero attached hydrogens (tertiary/aromatic N) is 3. The Morgan fingerprint density at radius 2 is 2.35 bits per heavy atom. The van der Waals surface area contributed by atoms with Gasteiger partial charge in [0.2, 0.25) is 0 Å². The third-order valence-electron chi connectivity index (χ3n) is 2.22. The lowest BCUT2D eigenvalue weighted by Crippen LogP contribution is -2.27. The second kappa shape index (κ2) is 4.92. The van der Waals surface area contributed by atoms with Gasteiger partial charge in [-0.1, -0.05) is 0 Å². The largest absolute Gasteiger partial charge is 0.505 e. The number of hydrogen-bond acceptors (Lipinski definition) is 5. The van der Waals surface area contributed by atoms with Gasteiger partial charge in [0.25, 0.3) is 5.91 Å². The summed E-state index contributed by atoms with van der Waals surface area (Å²) in [6, 6.07) is 3.02. The zero-order valence-corrected chi connectivity index (χ0v) is 10.0. The van der Waals surface area contributed by atoms with Crippen molar-refractivity contribution in [1.82, 2.24) is 14.9 Å². The van der Waals surface area contributed by atoms with Crippen LogP contribution >= 0.6 is 11.3 Å². The highest BCUT2D eigenvalue weighted by atomic mass is 32.1. The third kappa shape index (κ3) is 2.59. The van der Waals surface area contributed by atoms with Gasteiger partial charge < -0.3 is 10.0 Å². The molecule has 0 fully saturated rings. The minimum atomic E-state index is -0.323. The first kappa shape index (κ1) is 11.5. The molecule has 0 aromatic carbocycles. The zero-order chi connectivity index (χ0) is 12.3. The summed E-state index contributed by atoms with van der Waals surface area (Å²) in [6.45, 7) is 0.401. The standard InChI is InChI=1S/C11H11N3O2S/c1-14(5-8-6-17-7-13-8)11(16)10-9(15)3-2-4-12-10/h2-4,6-7,15H,5H2,1H3. The lowest BCUT2D eigenvalue weighted by Gasteiger charge is -2.15. The van der Waals surface area contributed by atoms with Gasteiger partial charge in [-0.05, 0) is 12.1 Å². The van der Waals surface area contributed by atoms with Crippen molar-refractivity contribution in [1.29, 1.82) is 0 Å². The van der Waals surface area contributed by atoms with E-state index in [2.05, 4.69) is 9.97 Å². The summed E-state index contributed by atoms with van der Waals surface area (Å²) in [4.78, 5) is 21.4. The van der Waals surface area contributed by atoms with E-state index in [0.717, 1.165) is 5.69 Å². The first-order valence-electron chi connectivity index (χ1n) is 4.95. The smallest absolute Gasteiger partial charge is 0.276 e. The Hall–Kier alpha value is -1.95. The quantitative estimate of drug-likeness (QED) is 0.895. The molecule has 0 radical (unpaired) electrons. The Labute approximate surface area is 102 Å².